The van der Waals surface area contributed by atoms with E-state index in [9.17, 15) is 4.79 Å². The van der Waals surface area contributed by atoms with Gasteiger partial charge >= 0.3 is 0 Å². The molecule has 4 N–H and O–H groups in total. The lowest BCUT2D eigenvalue weighted by Crippen LogP contribution is -2.19. The van der Waals surface area contributed by atoms with Gasteiger partial charge in [-0.3, -0.25) is 4.79 Å². The molecular weight excluding hydrogens is 244 g/mol. The van der Waals surface area contributed by atoms with Crippen molar-refractivity contribution in [3.05, 3.63) is 41.3 Å². The number of carbonyl (C=O) groups is 1. The van der Waals surface area contributed by atoms with E-state index in [4.69, 9.17) is 10.3 Å². The quantitative estimate of drug-likeness (QED) is 0.725. The molecule has 1 aromatic heterocycles. The zero-order valence-electron chi connectivity index (χ0n) is 10.9. The molecule has 0 radical (unpaired) electrons. The first-order chi connectivity index (χ1) is 9.10. The number of aryl methyl sites for hydroxylation is 1. The molecule has 6 nitrogen and oxygen atoms in total. The number of hydrogen-bond donors (Lipinski definition) is 3. The van der Waals surface area contributed by atoms with Gasteiger partial charge in [0, 0.05) is 24.5 Å². The van der Waals surface area contributed by atoms with E-state index < -0.39 is 0 Å². The van der Waals surface area contributed by atoms with Gasteiger partial charge in [-0.15, -0.1) is 0 Å². The molecule has 2 aromatic rings. The van der Waals surface area contributed by atoms with E-state index >= 15 is 0 Å². The molecule has 0 atom stereocenters. The van der Waals surface area contributed by atoms with Crippen molar-refractivity contribution in [3.63, 3.8) is 0 Å². The highest BCUT2D eigenvalue weighted by atomic mass is 16.5. The Morgan fingerprint density at radius 2 is 2.21 bits per heavy atom. The van der Waals surface area contributed by atoms with Gasteiger partial charge in [-0.25, -0.2) is 0 Å². The zero-order chi connectivity index (χ0) is 13.8. The summed E-state index contributed by atoms with van der Waals surface area (Å²) in [6.07, 6.45) is 0. The Hall–Kier alpha value is -2.50. The lowest BCUT2D eigenvalue weighted by Gasteiger charge is -2.10. The highest BCUT2D eigenvalue weighted by molar-refractivity contribution is 6.00. The molecule has 0 saturated heterocycles. The summed E-state index contributed by atoms with van der Waals surface area (Å²) < 4.78 is 4.98. The Morgan fingerprint density at radius 1 is 1.42 bits per heavy atom. The minimum atomic E-state index is -0.168. The highest BCUT2D eigenvalue weighted by Gasteiger charge is 2.10. The number of aromatic nitrogens is 1. The monoisotopic (exact) mass is 260 g/mol. The van der Waals surface area contributed by atoms with Gasteiger partial charge in [-0.05, 0) is 25.1 Å². The number of nitrogen functional groups attached to an aromatic ring is 1. The van der Waals surface area contributed by atoms with Crippen LogP contribution in [0.3, 0.4) is 0 Å². The Morgan fingerprint density at radius 3 is 2.84 bits per heavy atom. The van der Waals surface area contributed by atoms with Crippen LogP contribution in [0.4, 0.5) is 11.4 Å². The number of carbonyl (C=O) groups excluding carboxylic acids is 1. The number of hydrogen-bond acceptors (Lipinski definition) is 5. The van der Waals surface area contributed by atoms with Crippen molar-refractivity contribution in [1.29, 1.82) is 0 Å². The third-order valence-corrected chi connectivity index (χ3v) is 2.65. The second-order valence-corrected chi connectivity index (χ2v) is 4.17. The number of nitrogens with one attached hydrogen (secondary N) is 2. The van der Waals surface area contributed by atoms with E-state index in [0.717, 1.165) is 11.5 Å². The number of benzene rings is 1. The van der Waals surface area contributed by atoms with Gasteiger partial charge in [0.1, 0.15) is 11.5 Å². The second-order valence-electron chi connectivity index (χ2n) is 4.17. The third kappa shape index (κ3) is 3.04. The maximum atomic E-state index is 11.7. The van der Waals surface area contributed by atoms with Crippen molar-refractivity contribution in [2.45, 2.75) is 13.5 Å². The topological polar surface area (TPSA) is 93.2 Å². The molecule has 0 bridgehead atoms. The lowest BCUT2D eigenvalue weighted by atomic mass is 10.1. The van der Waals surface area contributed by atoms with Gasteiger partial charge in [0.05, 0.1) is 12.1 Å². The molecule has 1 aromatic carbocycles. The van der Waals surface area contributed by atoms with Crippen LogP contribution >= 0.6 is 0 Å². The van der Waals surface area contributed by atoms with Crippen LogP contribution in [-0.4, -0.2) is 18.1 Å². The van der Waals surface area contributed by atoms with Crippen LogP contribution in [0.5, 0.6) is 0 Å². The molecule has 1 heterocycles. The SMILES string of the molecule is CNC(=O)c1ccc(N)cc1NCc1cc(C)on1. The number of anilines is 2. The first kappa shape index (κ1) is 12.9. The third-order valence-electron chi connectivity index (χ3n) is 2.65. The maximum absolute atomic E-state index is 11.7. The predicted octanol–water partition coefficient (Wildman–Crippen LogP) is 1.54. The number of amides is 1. The van der Waals surface area contributed by atoms with Gasteiger partial charge in [-0.1, -0.05) is 5.16 Å². The zero-order valence-corrected chi connectivity index (χ0v) is 10.9. The van der Waals surface area contributed by atoms with Crippen LogP contribution in [0.2, 0.25) is 0 Å². The summed E-state index contributed by atoms with van der Waals surface area (Å²) >= 11 is 0. The maximum Gasteiger partial charge on any atom is 0.253 e. The molecule has 0 saturated carbocycles. The number of nitrogens with two attached hydrogens (primary N) is 1. The molecule has 0 fully saturated rings. The average molecular weight is 260 g/mol. The van der Waals surface area contributed by atoms with E-state index in [-0.39, 0.29) is 5.91 Å². The molecule has 1 amide bonds. The Kier molecular flexibility index (Phi) is 3.70. The molecule has 2 rings (SSSR count). The number of nitrogens with zero attached hydrogens (tertiary/aromatic N) is 1. The summed E-state index contributed by atoms with van der Waals surface area (Å²) in [5, 5.41) is 9.60. The highest BCUT2D eigenvalue weighted by Crippen LogP contribution is 2.20. The van der Waals surface area contributed by atoms with Gasteiger partial charge in [0.25, 0.3) is 5.91 Å². The lowest BCUT2D eigenvalue weighted by molar-refractivity contribution is 0.0964. The van der Waals surface area contributed by atoms with Crippen LogP contribution in [-0.2, 0) is 6.54 Å². The number of rotatable bonds is 4. The summed E-state index contributed by atoms with van der Waals surface area (Å²) in [6.45, 7) is 2.29. The Labute approximate surface area is 111 Å². The smallest absolute Gasteiger partial charge is 0.253 e. The summed E-state index contributed by atoms with van der Waals surface area (Å²) in [6, 6.07) is 6.93. The van der Waals surface area contributed by atoms with Crippen molar-refractivity contribution in [2.75, 3.05) is 18.1 Å². The summed E-state index contributed by atoms with van der Waals surface area (Å²) in [7, 11) is 1.59. The molecule has 0 aliphatic heterocycles. The molecule has 0 aliphatic carbocycles. The molecular formula is C13H16N4O2. The summed E-state index contributed by atoms with van der Waals surface area (Å²) in [5.41, 5.74) is 8.30. The molecule has 6 heteroatoms. The minimum absolute atomic E-state index is 0.168. The van der Waals surface area contributed by atoms with E-state index in [0.29, 0.717) is 23.5 Å². The van der Waals surface area contributed by atoms with Crippen LogP contribution in [0.25, 0.3) is 0 Å². The minimum Gasteiger partial charge on any atom is -0.399 e. The Balaban J connectivity index is 2.18. The fourth-order valence-corrected chi connectivity index (χ4v) is 1.73. The fraction of sp³-hybridized carbons (Fsp3) is 0.231. The molecule has 19 heavy (non-hydrogen) atoms. The van der Waals surface area contributed by atoms with E-state index in [1.165, 1.54) is 0 Å². The van der Waals surface area contributed by atoms with Crippen LogP contribution in [0, 0.1) is 6.92 Å². The van der Waals surface area contributed by atoms with E-state index in [2.05, 4.69) is 15.8 Å². The van der Waals surface area contributed by atoms with Crippen molar-refractivity contribution < 1.29 is 9.32 Å². The molecule has 0 aliphatic rings. The average Bonchev–Trinajstić information content (AvgIpc) is 2.81. The molecule has 0 unspecified atom stereocenters. The van der Waals surface area contributed by atoms with Crippen LogP contribution in [0.15, 0.2) is 28.8 Å². The summed E-state index contributed by atoms with van der Waals surface area (Å²) in [5.74, 6) is 0.578. The van der Waals surface area contributed by atoms with Crippen LogP contribution in [0.1, 0.15) is 21.8 Å². The van der Waals surface area contributed by atoms with Crippen molar-refractivity contribution in [2.24, 2.45) is 0 Å². The molecule has 100 valence electrons. The summed E-state index contributed by atoms with van der Waals surface area (Å²) in [4.78, 5) is 11.7. The second kappa shape index (κ2) is 5.43. The van der Waals surface area contributed by atoms with Gasteiger partial charge in [-0.2, -0.15) is 0 Å². The predicted molar refractivity (Wildman–Crippen MR) is 72.8 cm³/mol. The van der Waals surface area contributed by atoms with E-state index in [1.54, 1.807) is 25.2 Å². The molecule has 0 spiro atoms. The van der Waals surface area contributed by atoms with E-state index in [1.807, 2.05) is 13.0 Å². The van der Waals surface area contributed by atoms with Crippen molar-refractivity contribution >= 4 is 17.3 Å². The largest absolute Gasteiger partial charge is 0.399 e. The van der Waals surface area contributed by atoms with Crippen molar-refractivity contribution in [3.8, 4) is 0 Å². The normalized spacial score (nSPS) is 10.2. The standard InChI is InChI=1S/C13H16N4O2/c1-8-5-10(17-19-8)7-16-12-6-9(14)3-4-11(12)13(18)15-2/h3-6,16H,7,14H2,1-2H3,(H,15,18). The van der Waals surface area contributed by atoms with Gasteiger partial charge in [0.15, 0.2) is 0 Å². The van der Waals surface area contributed by atoms with Gasteiger partial charge in [0.2, 0.25) is 0 Å². The first-order valence-electron chi connectivity index (χ1n) is 5.88. The van der Waals surface area contributed by atoms with Crippen LogP contribution < -0.4 is 16.4 Å². The first-order valence-corrected chi connectivity index (χ1v) is 5.88. The van der Waals surface area contributed by atoms with Gasteiger partial charge < -0.3 is 20.9 Å². The van der Waals surface area contributed by atoms with Crippen molar-refractivity contribution in [1.82, 2.24) is 10.5 Å². The Bertz CT molecular complexity index is 592. The fourth-order valence-electron chi connectivity index (χ4n) is 1.73.